The van der Waals surface area contributed by atoms with Crippen molar-refractivity contribution in [1.82, 2.24) is 9.78 Å². The number of anilines is 1. The van der Waals surface area contributed by atoms with E-state index in [-0.39, 0.29) is 10.8 Å². The summed E-state index contributed by atoms with van der Waals surface area (Å²) in [6, 6.07) is 7.37. The maximum Gasteiger partial charge on any atom is 0.281 e. The molecular weight excluding hydrogens is 254 g/mol. The second kappa shape index (κ2) is 4.34. The highest BCUT2D eigenvalue weighted by atomic mass is 32.2. The van der Waals surface area contributed by atoms with Crippen molar-refractivity contribution in [2.24, 2.45) is 7.05 Å². The number of aromatic hydroxyl groups is 1. The molecule has 2 rings (SSSR count). The van der Waals surface area contributed by atoms with Crippen LogP contribution in [0.25, 0.3) is 0 Å². The number of nitrogens with zero attached hydrogens (tertiary/aromatic N) is 3. The van der Waals surface area contributed by atoms with Crippen molar-refractivity contribution < 1.29 is 13.5 Å². The summed E-state index contributed by atoms with van der Waals surface area (Å²) in [6.07, 6.45) is 1.43. The SMILES string of the molecule is CN(c1ccc(O)cc1)S(=O)(=O)c1ccnn1C. The van der Waals surface area contributed by atoms with E-state index in [0.29, 0.717) is 5.69 Å². The molecule has 6 nitrogen and oxygen atoms in total. The lowest BCUT2D eigenvalue weighted by atomic mass is 10.3. The predicted octanol–water partition coefficient (Wildman–Crippen LogP) is 0.951. The van der Waals surface area contributed by atoms with Crippen LogP contribution in [0.15, 0.2) is 41.6 Å². The fourth-order valence-electron chi connectivity index (χ4n) is 1.56. The van der Waals surface area contributed by atoms with Gasteiger partial charge in [-0.15, -0.1) is 0 Å². The van der Waals surface area contributed by atoms with Crippen LogP contribution in [-0.4, -0.2) is 30.4 Å². The third-order valence-electron chi connectivity index (χ3n) is 2.61. The number of sulfonamides is 1. The number of hydrogen-bond acceptors (Lipinski definition) is 4. The molecule has 1 heterocycles. The molecule has 0 saturated carbocycles. The van der Waals surface area contributed by atoms with Gasteiger partial charge in [0.25, 0.3) is 10.0 Å². The normalized spacial score (nSPS) is 11.4. The number of rotatable bonds is 3. The van der Waals surface area contributed by atoms with Gasteiger partial charge in [-0.3, -0.25) is 8.99 Å². The zero-order chi connectivity index (χ0) is 13.3. The highest BCUT2D eigenvalue weighted by Gasteiger charge is 2.24. The summed E-state index contributed by atoms with van der Waals surface area (Å²) in [7, 11) is -0.620. The van der Waals surface area contributed by atoms with Crippen molar-refractivity contribution in [2.45, 2.75) is 5.03 Å². The predicted molar refractivity (Wildman–Crippen MR) is 66.9 cm³/mol. The summed E-state index contributed by atoms with van der Waals surface area (Å²) >= 11 is 0. The van der Waals surface area contributed by atoms with Gasteiger partial charge < -0.3 is 5.11 Å². The van der Waals surface area contributed by atoms with Gasteiger partial charge in [0.05, 0.1) is 11.9 Å². The molecule has 2 aromatic rings. The number of benzene rings is 1. The molecule has 0 fully saturated rings. The van der Waals surface area contributed by atoms with Gasteiger partial charge in [0, 0.05) is 14.1 Å². The Kier molecular flexibility index (Phi) is 3.00. The Balaban J connectivity index is 2.42. The molecule has 1 aromatic carbocycles. The third kappa shape index (κ3) is 2.04. The van der Waals surface area contributed by atoms with Gasteiger partial charge in [0.15, 0.2) is 5.03 Å². The van der Waals surface area contributed by atoms with Crippen LogP contribution in [-0.2, 0) is 17.1 Å². The summed E-state index contributed by atoms with van der Waals surface area (Å²) in [4.78, 5) is 0. The summed E-state index contributed by atoms with van der Waals surface area (Å²) in [6.45, 7) is 0. The smallest absolute Gasteiger partial charge is 0.281 e. The molecule has 0 atom stereocenters. The van der Waals surface area contributed by atoms with Crippen LogP contribution in [0, 0.1) is 0 Å². The minimum absolute atomic E-state index is 0.0880. The van der Waals surface area contributed by atoms with E-state index >= 15 is 0 Å². The maximum atomic E-state index is 12.3. The molecule has 0 aliphatic heterocycles. The molecule has 0 bridgehead atoms. The van der Waals surface area contributed by atoms with Crippen LogP contribution in [0.3, 0.4) is 0 Å². The Morgan fingerprint density at radius 1 is 1.22 bits per heavy atom. The van der Waals surface area contributed by atoms with Crippen LogP contribution >= 0.6 is 0 Å². The van der Waals surface area contributed by atoms with Crippen molar-refractivity contribution in [3.05, 3.63) is 36.5 Å². The van der Waals surface area contributed by atoms with E-state index in [0.717, 1.165) is 4.31 Å². The van der Waals surface area contributed by atoms with Crippen LogP contribution < -0.4 is 4.31 Å². The van der Waals surface area contributed by atoms with Crippen LogP contribution in [0.5, 0.6) is 5.75 Å². The summed E-state index contributed by atoms with van der Waals surface area (Å²) in [5, 5.41) is 13.1. The molecule has 1 aromatic heterocycles. The molecule has 0 radical (unpaired) electrons. The molecule has 0 saturated heterocycles. The standard InChI is InChI=1S/C11H13N3O3S/c1-13-11(7-8-12-13)18(16,17)14(2)9-3-5-10(15)6-4-9/h3-8,15H,1-2H3. The van der Waals surface area contributed by atoms with Crippen molar-refractivity contribution in [1.29, 1.82) is 0 Å². The number of aryl methyl sites for hydroxylation is 1. The first-order chi connectivity index (χ1) is 8.43. The largest absolute Gasteiger partial charge is 0.508 e. The number of hydrogen-bond donors (Lipinski definition) is 1. The average molecular weight is 267 g/mol. The second-order valence-electron chi connectivity index (χ2n) is 3.78. The molecule has 1 N–H and O–H groups in total. The number of phenolic OH excluding ortho intramolecular Hbond substituents is 1. The molecule has 7 heteroatoms. The Hall–Kier alpha value is -2.02. The second-order valence-corrected chi connectivity index (χ2v) is 5.70. The van der Waals surface area contributed by atoms with Crippen LogP contribution in [0.1, 0.15) is 0 Å². The molecule has 18 heavy (non-hydrogen) atoms. The van der Waals surface area contributed by atoms with Gasteiger partial charge in [-0.05, 0) is 30.3 Å². The van der Waals surface area contributed by atoms with E-state index in [9.17, 15) is 13.5 Å². The first-order valence-electron chi connectivity index (χ1n) is 5.19. The quantitative estimate of drug-likeness (QED) is 0.898. The molecule has 0 amide bonds. The van der Waals surface area contributed by atoms with Crippen molar-refractivity contribution in [3.8, 4) is 5.75 Å². The molecular formula is C11H13N3O3S. The topological polar surface area (TPSA) is 75.4 Å². The minimum Gasteiger partial charge on any atom is -0.508 e. The molecule has 0 spiro atoms. The van der Waals surface area contributed by atoms with Gasteiger partial charge in [-0.25, -0.2) is 0 Å². The first kappa shape index (κ1) is 12.4. The third-order valence-corrected chi connectivity index (χ3v) is 4.47. The lowest BCUT2D eigenvalue weighted by Gasteiger charge is -2.19. The molecule has 96 valence electrons. The first-order valence-corrected chi connectivity index (χ1v) is 6.63. The number of phenols is 1. The fourth-order valence-corrected chi connectivity index (χ4v) is 2.85. The summed E-state index contributed by atoms with van der Waals surface area (Å²) in [5.41, 5.74) is 0.467. The minimum atomic E-state index is -3.64. The Morgan fingerprint density at radius 3 is 2.33 bits per heavy atom. The van der Waals surface area contributed by atoms with Crippen molar-refractivity contribution in [3.63, 3.8) is 0 Å². The maximum absolute atomic E-state index is 12.3. The van der Waals surface area contributed by atoms with Crippen LogP contribution in [0.2, 0.25) is 0 Å². The van der Waals surface area contributed by atoms with E-state index in [1.54, 1.807) is 7.05 Å². The monoisotopic (exact) mass is 267 g/mol. The van der Waals surface area contributed by atoms with Gasteiger partial charge >= 0.3 is 0 Å². The zero-order valence-electron chi connectivity index (χ0n) is 9.98. The molecule has 0 unspecified atom stereocenters. The van der Waals surface area contributed by atoms with E-state index in [1.807, 2.05) is 0 Å². The van der Waals surface area contributed by atoms with Crippen molar-refractivity contribution >= 4 is 15.7 Å². The van der Waals surface area contributed by atoms with E-state index in [1.165, 1.54) is 48.3 Å². The van der Waals surface area contributed by atoms with Gasteiger partial charge in [0.2, 0.25) is 0 Å². The lowest BCUT2D eigenvalue weighted by Crippen LogP contribution is -2.28. The van der Waals surface area contributed by atoms with E-state index < -0.39 is 10.0 Å². The highest BCUT2D eigenvalue weighted by molar-refractivity contribution is 7.92. The molecule has 0 aliphatic rings. The number of aromatic nitrogens is 2. The van der Waals surface area contributed by atoms with E-state index in [4.69, 9.17) is 0 Å². The summed E-state index contributed by atoms with van der Waals surface area (Å²) in [5.74, 6) is 0.0880. The summed E-state index contributed by atoms with van der Waals surface area (Å²) < 4.78 is 27.0. The Labute approximate surface area is 105 Å². The lowest BCUT2D eigenvalue weighted by molar-refractivity contribution is 0.475. The highest BCUT2D eigenvalue weighted by Crippen LogP contribution is 2.23. The fraction of sp³-hybridized carbons (Fsp3) is 0.182. The van der Waals surface area contributed by atoms with Crippen LogP contribution in [0.4, 0.5) is 5.69 Å². The Bertz CT molecular complexity index is 646. The van der Waals surface area contributed by atoms with Gasteiger partial charge in [0.1, 0.15) is 5.75 Å². The zero-order valence-corrected chi connectivity index (χ0v) is 10.8. The van der Waals surface area contributed by atoms with Crippen molar-refractivity contribution in [2.75, 3.05) is 11.4 Å². The Morgan fingerprint density at radius 2 is 1.83 bits per heavy atom. The van der Waals surface area contributed by atoms with Gasteiger partial charge in [-0.1, -0.05) is 0 Å². The van der Waals surface area contributed by atoms with Gasteiger partial charge in [-0.2, -0.15) is 13.5 Å². The molecule has 0 aliphatic carbocycles. The average Bonchev–Trinajstić information content (AvgIpc) is 2.76. The van der Waals surface area contributed by atoms with E-state index in [2.05, 4.69) is 5.10 Å².